The average Bonchev–Trinajstić information content (AvgIpc) is 3.80. The number of nitrogens with two attached hydrogens (primary N) is 1. The monoisotopic (exact) mass is 716 g/mol. The van der Waals surface area contributed by atoms with Crippen molar-refractivity contribution in [2.75, 3.05) is 29.7 Å². The van der Waals surface area contributed by atoms with E-state index in [0.29, 0.717) is 36.3 Å². The maximum atomic E-state index is 15.2. The Morgan fingerprint density at radius 3 is 2.46 bits per heavy atom. The second-order valence-electron chi connectivity index (χ2n) is 14.2. The van der Waals surface area contributed by atoms with Crippen molar-refractivity contribution in [2.45, 2.75) is 56.7 Å². The molecule has 268 valence electrons. The average molecular weight is 717 g/mol. The second kappa shape index (κ2) is 14.0. The fraction of sp³-hybridized carbons (Fsp3) is 0.300. The van der Waals surface area contributed by atoms with Crippen LogP contribution in [-0.4, -0.2) is 59.8 Å². The second-order valence-corrected chi connectivity index (χ2v) is 18.9. The molecule has 7 rings (SSSR count). The fourth-order valence-electron chi connectivity index (χ4n) is 8.19. The van der Waals surface area contributed by atoms with Crippen molar-refractivity contribution in [3.05, 3.63) is 120 Å². The van der Waals surface area contributed by atoms with Crippen LogP contribution in [0.1, 0.15) is 35.0 Å². The number of aryl methyl sites for hydroxylation is 1. The lowest BCUT2D eigenvalue weighted by Crippen LogP contribution is -2.51. The first-order valence-electron chi connectivity index (χ1n) is 17.6. The maximum Gasteiger partial charge on any atom is 0.268 e. The summed E-state index contributed by atoms with van der Waals surface area (Å²) in [6.45, 7) is 7.36. The Morgan fingerprint density at radius 1 is 1.04 bits per heavy atom. The van der Waals surface area contributed by atoms with E-state index in [1.807, 2.05) is 66.9 Å². The largest absolute Gasteiger partial charge is 0.497 e. The van der Waals surface area contributed by atoms with E-state index < -0.39 is 13.7 Å². The Bertz CT molecular complexity index is 2070. The van der Waals surface area contributed by atoms with Gasteiger partial charge < -0.3 is 25.6 Å². The number of hydrogen-bond donors (Lipinski definition) is 3. The molecule has 1 saturated heterocycles. The molecule has 3 heterocycles. The minimum absolute atomic E-state index is 0.00174. The van der Waals surface area contributed by atoms with Gasteiger partial charge in [-0.05, 0) is 78.7 Å². The molecule has 0 bridgehead atoms. The number of amides is 2. The molecule has 11 nitrogen and oxygen atoms in total. The van der Waals surface area contributed by atoms with Crippen LogP contribution in [0.5, 0.6) is 5.75 Å². The van der Waals surface area contributed by atoms with Crippen molar-refractivity contribution in [1.29, 1.82) is 0 Å². The number of aliphatic hydroxyl groups excluding tert-OH is 1. The summed E-state index contributed by atoms with van der Waals surface area (Å²) < 4.78 is 14.6. The van der Waals surface area contributed by atoms with Gasteiger partial charge in [0.2, 0.25) is 0 Å². The highest BCUT2D eigenvalue weighted by Gasteiger charge is 2.66. The number of carbonyl (C=O) groups excluding carboxylic acids is 2. The predicted octanol–water partition coefficient (Wildman–Crippen LogP) is 5.64. The molecule has 4 N–H and O–H groups in total. The first-order chi connectivity index (χ1) is 25.1. The molecule has 2 aliphatic rings. The SMILES string of the molecule is COc1ccc([Si](C)(C)[C@@H]2[C@@H](CCn3cc(CCO)nn3)O[C@]3(C(=O)N(c4ccccc4)c4ccc(NC(=O)c5ccc(N)cc5)cc43)[C@H]2C)cc1. The Balaban J connectivity index is 1.32. The van der Waals surface area contributed by atoms with Crippen LogP contribution in [0.2, 0.25) is 18.6 Å². The highest BCUT2D eigenvalue weighted by molar-refractivity contribution is 6.91. The number of para-hydroxylation sites is 1. The number of nitrogens with zero attached hydrogens (tertiary/aromatic N) is 4. The minimum atomic E-state index is -2.40. The van der Waals surface area contributed by atoms with Crippen LogP contribution in [0.25, 0.3) is 0 Å². The third-order valence-electron chi connectivity index (χ3n) is 10.8. The molecule has 1 aromatic heterocycles. The lowest BCUT2D eigenvalue weighted by molar-refractivity contribution is -0.145. The van der Waals surface area contributed by atoms with Crippen molar-refractivity contribution < 1.29 is 24.2 Å². The van der Waals surface area contributed by atoms with E-state index >= 15 is 4.79 Å². The van der Waals surface area contributed by atoms with E-state index in [9.17, 15) is 9.90 Å². The molecule has 0 radical (unpaired) electrons. The van der Waals surface area contributed by atoms with Gasteiger partial charge in [-0.1, -0.05) is 60.7 Å². The van der Waals surface area contributed by atoms with Crippen molar-refractivity contribution in [3.63, 3.8) is 0 Å². The number of hydrogen-bond acceptors (Lipinski definition) is 8. The molecule has 4 atom stereocenters. The molecule has 1 fully saturated rings. The van der Waals surface area contributed by atoms with Gasteiger partial charge in [-0.2, -0.15) is 0 Å². The summed E-state index contributed by atoms with van der Waals surface area (Å²) in [5.41, 5.74) is 9.05. The molecule has 5 aromatic rings. The van der Waals surface area contributed by atoms with Crippen LogP contribution >= 0.6 is 0 Å². The molecule has 4 aromatic carbocycles. The van der Waals surface area contributed by atoms with E-state index in [-0.39, 0.29) is 36.0 Å². The van der Waals surface area contributed by atoms with Crippen molar-refractivity contribution >= 4 is 47.8 Å². The third-order valence-corrected chi connectivity index (χ3v) is 15.1. The topological polar surface area (TPSA) is 145 Å². The molecule has 0 saturated carbocycles. The number of aliphatic hydroxyl groups is 1. The van der Waals surface area contributed by atoms with Crippen LogP contribution in [0, 0.1) is 5.92 Å². The molecule has 52 heavy (non-hydrogen) atoms. The van der Waals surface area contributed by atoms with E-state index in [4.69, 9.17) is 15.2 Å². The summed E-state index contributed by atoms with van der Waals surface area (Å²) in [4.78, 5) is 30.3. The molecule has 0 unspecified atom stereocenters. The highest BCUT2D eigenvalue weighted by Crippen LogP contribution is 2.61. The van der Waals surface area contributed by atoms with Gasteiger partial charge in [0.05, 0.1) is 32.7 Å². The molecule has 0 aliphatic carbocycles. The number of aromatic nitrogens is 3. The van der Waals surface area contributed by atoms with Gasteiger partial charge in [0, 0.05) is 59.9 Å². The molecule has 1 spiro atoms. The van der Waals surface area contributed by atoms with Crippen molar-refractivity contribution in [3.8, 4) is 5.75 Å². The Kier molecular flexibility index (Phi) is 9.47. The Morgan fingerprint density at radius 2 is 1.77 bits per heavy atom. The molecular weight excluding hydrogens is 673 g/mol. The lowest BCUT2D eigenvalue weighted by Gasteiger charge is -2.37. The van der Waals surface area contributed by atoms with Crippen LogP contribution in [-0.2, 0) is 28.1 Å². The number of methoxy groups -OCH3 is 1. The summed E-state index contributed by atoms with van der Waals surface area (Å²) in [6.07, 6.45) is 2.56. The Hall–Kier alpha value is -5.30. The van der Waals surface area contributed by atoms with E-state index in [1.165, 1.54) is 5.19 Å². The summed E-state index contributed by atoms with van der Waals surface area (Å²) in [7, 11) is -0.737. The van der Waals surface area contributed by atoms with E-state index in [1.54, 1.807) is 41.0 Å². The lowest BCUT2D eigenvalue weighted by atomic mass is 9.82. The number of nitrogen functional groups attached to an aromatic ring is 1. The third kappa shape index (κ3) is 6.16. The molecular formula is C40H44N6O5Si. The number of rotatable bonds is 11. The number of fused-ring (bicyclic) bond motifs is 2. The zero-order valence-electron chi connectivity index (χ0n) is 29.8. The van der Waals surface area contributed by atoms with Gasteiger partial charge in [0.15, 0.2) is 5.60 Å². The maximum absolute atomic E-state index is 15.2. The molecule has 2 amide bonds. The van der Waals surface area contributed by atoms with Gasteiger partial charge in [-0.3, -0.25) is 19.2 Å². The normalized spacial score (nSPS) is 21.1. The van der Waals surface area contributed by atoms with Crippen LogP contribution in [0.3, 0.4) is 0 Å². The van der Waals surface area contributed by atoms with Crippen LogP contribution in [0.4, 0.5) is 22.7 Å². The first-order valence-corrected chi connectivity index (χ1v) is 20.7. The Labute approximate surface area is 304 Å². The number of nitrogens with one attached hydrogen (secondary N) is 1. The smallest absolute Gasteiger partial charge is 0.268 e. The zero-order valence-corrected chi connectivity index (χ0v) is 30.8. The standard InChI is InChI=1S/C40H44N6O5Si/c1-26-37(52(3,4)33-17-15-32(50-2)16-18-33)36(20-22-45-25-30(21-23-47)43-44-45)51-40(26)34-24-29(42-38(48)27-10-12-28(41)13-11-27)14-19-35(34)46(39(40)49)31-8-6-5-7-9-31/h5-19,24-26,36-37,47H,20-23,41H2,1-4H3,(H,42,48)/t26-,36+,37-,40+/m0/s1. The fourth-order valence-corrected chi connectivity index (χ4v) is 12.3. The van der Waals surface area contributed by atoms with Gasteiger partial charge >= 0.3 is 0 Å². The van der Waals surface area contributed by atoms with E-state index in [2.05, 4.69) is 47.8 Å². The number of anilines is 4. The minimum Gasteiger partial charge on any atom is -0.497 e. The van der Waals surface area contributed by atoms with Gasteiger partial charge in [-0.15, -0.1) is 5.10 Å². The number of benzene rings is 4. The van der Waals surface area contributed by atoms with E-state index in [0.717, 1.165) is 28.4 Å². The first kappa shape index (κ1) is 35.1. The van der Waals surface area contributed by atoms with Gasteiger partial charge in [0.1, 0.15) is 5.75 Å². The summed E-state index contributed by atoms with van der Waals surface area (Å²) in [5.74, 6) is 0.108. The zero-order chi connectivity index (χ0) is 36.6. The number of ether oxygens (including phenoxy) is 2. The molecule has 2 aliphatic heterocycles. The van der Waals surface area contributed by atoms with Crippen molar-refractivity contribution in [2.24, 2.45) is 5.92 Å². The number of carbonyl (C=O) groups is 2. The summed E-state index contributed by atoms with van der Waals surface area (Å²) in [6, 6.07) is 30.3. The molecule has 12 heteroatoms. The summed E-state index contributed by atoms with van der Waals surface area (Å²) in [5, 5.41) is 22.2. The van der Waals surface area contributed by atoms with Crippen LogP contribution in [0.15, 0.2) is 103 Å². The predicted molar refractivity (Wildman–Crippen MR) is 204 cm³/mol. The van der Waals surface area contributed by atoms with Crippen molar-refractivity contribution in [1.82, 2.24) is 15.0 Å². The van der Waals surface area contributed by atoms with Gasteiger partial charge in [-0.25, -0.2) is 0 Å². The summed E-state index contributed by atoms with van der Waals surface area (Å²) >= 11 is 0. The quantitative estimate of drug-likeness (QED) is 0.118. The highest BCUT2D eigenvalue weighted by atomic mass is 28.3. The van der Waals surface area contributed by atoms with Gasteiger partial charge in [0.25, 0.3) is 11.8 Å². The van der Waals surface area contributed by atoms with Crippen LogP contribution < -0.4 is 25.9 Å².